The summed E-state index contributed by atoms with van der Waals surface area (Å²) in [7, 11) is 0. The number of benzene rings is 2. The third kappa shape index (κ3) is 3.76. The lowest BCUT2D eigenvalue weighted by Crippen LogP contribution is -1.97. The Labute approximate surface area is 159 Å². The van der Waals surface area contributed by atoms with Crippen molar-refractivity contribution >= 4 is 28.6 Å². The van der Waals surface area contributed by atoms with Crippen molar-refractivity contribution < 1.29 is 4.42 Å². The summed E-state index contributed by atoms with van der Waals surface area (Å²) in [6, 6.07) is 15.9. The molecule has 0 unspecified atom stereocenters. The van der Waals surface area contributed by atoms with Crippen LogP contribution in [0.1, 0.15) is 10.4 Å². The standard InChI is InChI=1S/C19H15ClN4OS/c1-12-5-7-13(8-6-12)17-23-24-18(25-17)14-3-2-4-15(9-14)21-10-16-11-22-19(20)26-16/h2-9,11,21H,10H2,1H3. The Morgan fingerprint density at radius 1 is 1.04 bits per heavy atom. The van der Waals surface area contributed by atoms with Crippen LogP contribution in [0.25, 0.3) is 22.9 Å². The van der Waals surface area contributed by atoms with Crippen molar-refractivity contribution in [3.8, 4) is 22.9 Å². The Balaban J connectivity index is 1.52. The van der Waals surface area contributed by atoms with Crippen LogP contribution in [0.2, 0.25) is 4.47 Å². The maximum absolute atomic E-state index is 5.86. The molecular formula is C19H15ClN4OS. The maximum atomic E-state index is 5.86. The third-order valence-electron chi connectivity index (χ3n) is 3.83. The van der Waals surface area contributed by atoms with Crippen LogP contribution in [-0.2, 0) is 6.54 Å². The molecule has 0 bridgehead atoms. The summed E-state index contributed by atoms with van der Waals surface area (Å²) < 4.78 is 6.39. The van der Waals surface area contributed by atoms with Crippen LogP contribution in [0.3, 0.4) is 0 Å². The Morgan fingerprint density at radius 2 is 1.81 bits per heavy atom. The van der Waals surface area contributed by atoms with Crippen LogP contribution in [0, 0.1) is 6.92 Å². The van der Waals surface area contributed by atoms with E-state index in [9.17, 15) is 0 Å². The summed E-state index contributed by atoms with van der Waals surface area (Å²) in [6.45, 7) is 2.70. The molecule has 0 radical (unpaired) electrons. The molecule has 2 aromatic carbocycles. The molecule has 4 aromatic rings. The first-order chi connectivity index (χ1) is 12.7. The smallest absolute Gasteiger partial charge is 0.248 e. The summed E-state index contributed by atoms with van der Waals surface area (Å²) in [5.74, 6) is 1.00. The average Bonchev–Trinajstić information content (AvgIpc) is 3.30. The second-order valence-corrected chi connectivity index (χ2v) is 7.49. The van der Waals surface area contributed by atoms with Crippen LogP contribution in [0.5, 0.6) is 0 Å². The molecule has 0 aliphatic carbocycles. The normalized spacial score (nSPS) is 10.8. The van der Waals surface area contributed by atoms with Crippen LogP contribution in [-0.4, -0.2) is 15.2 Å². The van der Waals surface area contributed by atoms with Gasteiger partial charge in [0.2, 0.25) is 11.8 Å². The molecule has 1 N–H and O–H groups in total. The lowest BCUT2D eigenvalue weighted by atomic mass is 10.1. The van der Waals surface area contributed by atoms with Crippen LogP contribution in [0.15, 0.2) is 59.1 Å². The van der Waals surface area contributed by atoms with Gasteiger partial charge in [-0.25, -0.2) is 4.98 Å². The molecule has 2 aromatic heterocycles. The molecular weight excluding hydrogens is 368 g/mol. The van der Waals surface area contributed by atoms with Gasteiger partial charge < -0.3 is 9.73 Å². The van der Waals surface area contributed by atoms with E-state index in [2.05, 4.69) is 20.5 Å². The lowest BCUT2D eigenvalue weighted by Gasteiger charge is -2.05. The van der Waals surface area contributed by atoms with E-state index in [1.807, 2.05) is 55.5 Å². The Bertz CT molecular complexity index is 1030. The number of hydrogen-bond donors (Lipinski definition) is 1. The molecule has 26 heavy (non-hydrogen) atoms. The second-order valence-electron chi connectivity index (χ2n) is 5.79. The van der Waals surface area contributed by atoms with E-state index in [0.717, 1.165) is 21.7 Å². The number of nitrogens with zero attached hydrogens (tertiary/aromatic N) is 3. The van der Waals surface area contributed by atoms with Gasteiger partial charge >= 0.3 is 0 Å². The van der Waals surface area contributed by atoms with Crippen molar-refractivity contribution in [1.82, 2.24) is 15.2 Å². The van der Waals surface area contributed by atoms with E-state index in [0.29, 0.717) is 22.8 Å². The molecule has 0 saturated carbocycles. The number of hydrogen-bond acceptors (Lipinski definition) is 6. The van der Waals surface area contributed by atoms with Gasteiger partial charge in [0.25, 0.3) is 0 Å². The summed E-state index contributed by atoms with van der Waals surface area (Å²) in [5.41, 5.74) is 3.92. The first kappa shape index (κ1) is 16.8. The SMILES string of the molecule is Cc1ccc(-c2nnc(-c3cccc(NCc4cnc(Cl)s4)c3)o2)cc1. The number of anilines is 1. The van der Waals surface area contributed by atoms with Gasteiger partial charge in [0.1, 0.15) is 0 Å². The van der Waals surface area contributed by atoms with Gasteiger partial charge in [-0.15, -0.1) is 21.5 Å². The van der Waals surface area contributed by atoms with Gasteiger partial charge in [0.05, 0.1) is 6.54 Å². The highest BCUT2D eigenvalue weighted by atomic mass is 35.5. The summed E-state index contributed by atoms with van der Waals surface area (Å²) in [5, 5.41) is 11.7. The highest BCUT2D eigenvalue weighted by Crippen LogP contribution is 2.26. The number of thiazole rings is 1. The quantitative estimate of drug-likeness (QED) is 0.498. The molecule has 7 heteroatoms. The number of halogens is 1. The lowest BCUT2D eigenvalue weighted by molar-refractivity contribution is 0.584. The van der Waals surface area contributed by atoms with Crippen molar-refractivity contribution in [3.63, 3.8) is 0 Å². The number of aromatic nitrogens is 3. The average molecular weight is 383 g/mol. The summed E-state index contributed by atoms with van der Waals surface area (Å²) >= 11 is 7.32. The van der Waals surface area contributed by atoms with Gasteiger partial charge in [-0.3, -0.25) is 0 Å². The number of rotatable bonds is 5. The van der Waals surface area contributed by atoms with E-state index < -0.39 is 0 Å². The molecule has 0 aliphatic rings. The van der Waals surface area contributed by atoms with E-state index in [1.165, 1.54) is 16.9 Å². The Kier molecular flexibility index (Phi) is 4.69. The van der Waals surface area contributed by atoms with Crippen molar-refractivity contribution in [1.29, 1.82) is 0 Å². The van der Waals surface area contributed by atoms with Crippen molar-refractivity contribution in [2.24, 2.45) is 0 Å². The highest BCUT2D eigenvalue weighted by Gasteiger charge is 2.11. The van der Waals surface area contributed by atoms with Crippen molar-refractivity contribution in [2.75, 3.05) is 5.32 Å². The molecule has 0 aliphatic heterocycles. The largest absolute Gasteiger partial charge is 0.416 e. The molecule has 4 rings (SSSR count). The zero-order valence-corrected chi connectivity index (χ0v) is 15.5. The Hall–Kier alpha value is -2.70. The van der Waals surface area contributed by atoms with Crippen molar-refractivity contribution in [3.05, 3.63) is 69.6 Å². The predicted molar refractivity (Wildman–Crippen MR) is 104 cm³/mol. The fourth-order valence-corrected chi connectivity index (χ4v) is 3.39. The van der Waals surface area contributed by atoms with Gasteiger partial charge in [0.15, 0.2) is 4.47 Å². The third-order valence-corrected chi connectivity index (χ3v) is 4.94. The molecule has 0 saturated heterocycles. The number of aryl methyl sites for hydroxylation is 1. The fraction of sp³-hybridized carbons (Fsp3) is 0.105. The molecule has 0 fully saturated rings. The molecule has 130 valence electrons. The van der Waals surface area contributed by atoms with E-state index in [-0.39, 0.29) is 0 Å². The minimum absolute atomic E-state index is 0.491. The summed E-state index contributed by atoms with van der Waals surface area (Å²) in [4.78, 5) is 5.11. The fourth-order valence-electron chi connectivity index (χ4n) is 2.47. The minimum atomic E-state index is 0.491. The zero-order valence-electron chi connectivity index (χ0n) is 13.9. The first-order valence-corrected chi connectivity index (χ1v) is 9.22. The van der Waals surface area contributed by atoms with Crippen LogP contribution in [0.4, 0.5) is 5.69 Å². The predicted octanol–water partition coefficient (Wildman–Crippen LogP) is 5.43. The van der Waals surface area contributed by atoms with Crippen LogP contribution >= 0.6 is 22.9 Å². The second kappa shape index (κ2) is 7.27. The van der Waals surface area contributed by atoms with E-state index >= 15 is 0 Å². The van der Waals surface area contributed by atoms with Gasteiger partial charge in [-0.1, -0.05) is 35.4 Å². The monoisotopic (exact) mass is 382 g/mol. The highest BCUT2D eigenvalue weighted by molar-refractivity contribution is 7.15. The van der Waals surface area contributed by atoms with Gasteiger partial charge in [-0.2, -0.15) is 0 Å². The molecule has 5 nitrogen and oxygen atoms in total. The minimum Gasteiger partial charge on any atom is -0.416 e. The zero-order chi connectivity index (χ0) is 17.9. The van der Waals surface area contributed by atoms with Crippen LogP contribution < -0.4 is 5.32 Å². The van der Waals surface area contributed by atoms with E-state index in [4.69, 9.17) is 16.0 Å². The molecule has 0 atom stereocenters. The van der Waals surface area contributed by atoms with Crippen molar-refractivity contribution in [2.45, 2.75) is 13.5 Å². The van der Waals surface area contributed by atoms with Gasteiger partial charge in [0, 0.05) is 27.9 Å². The van der Waals surface area contributed by atoms with Gasteiger partial charge in [-0.05, 0) is 37.3 Å². The number of nitrogens with one attached hydrogen (secondary N) is 1. The van der Waals surface area contributed by atoms with E-state index in [1.54, 1.807) is 6.20 Å². The maximum Gasteiger partial charge on any atom is 0.248 e. The molecule has 2 heterocycles. The molecule has 0 amide bonds. The topological polar surface area (TPSA) is 63.8 Å². The first-order valence-electron chi connectivity index (χ1n) is 8.02. The summed E-state index contributed by atoms with van der Waals surface area (Å²) in [6.07, 6.45) is 1.77. The molecule has 0 spiro atoms. The Morgan fingerprint density at radius 3 is 2.54 bits per heavy atom.